The van der Waals surface area contributed by atoms with Gasteiger partial charge in [0.05, 0.1) is 0 Å². The summed E-state index contributed by atoms with van der Waals surface area (Å²) in [5, 5.41) is 14.4. The normalized spacial score (nSPS) is 5.57. The van der Waals surface area contributed by atoms with Crippen molar-refractivity contribution in [3.05, 3.63) is 0 Å². The molecule has 0 aliphatic carbocycles. The van der Waals surface area contributed by atoms with Crippen molar-refractivity contribution >= 4 is 6.03 Å². The smallest absolute Gasteiger partial charge is 0.335 e. The molecule has 0 aliphatic rings. The molecule has 0 fully saturated rings. The Labute approximate surface area is 40.7 Å². The molecule has 0 spiro atoms. The molecule has 0 radical (unpaired) electrons. The first kappa shape index (κ1) is 9.50. The number of hydrogen-bond acceptors (Lipinski definition) is 3. The summed E-state index contributed by atoms with van der Waals surface area (Å²) >= 11 is 0. The largest absolute Gasteiger partial charge is 0.400 e. The molecule has 0 atom stereocenters. The van der Waals surface area contributed by atoms with Gasteiger partial charge in [0, 0.05) is 7.11 Å². The molecule has 2 amide bonds. The Hall–Kier alpha value is -0.810. The van der Waals surface area contributed by atoms with Crippen LogP contribution in [0, 0.1) is 0 Å². The quantitative estimate of drug-likeness (QED) is 0.228. The number of amides is 2. The Balaban J connectivity index is 0. The van der Waals surface area contributed by atoms with Gasteiger partial charge in [-0.05, 0) is 0 Å². The number of primary amides is 1. The second kappa shape index (κ2) is 8.95. The number of carbonyl (C=O) groups excluding carboxylic acids is 1. The van der Waals surface area contributed by atoms with E-state index in [9.17, 15) is 4.79 Å². The second-order valence-corrected chi connectivity index (χ2v) is 0.476. The number of urea groups is 1. The van der Waals surface area contributed by atoms with Gasteiger partial charge in [0.25, 0.3) is 0 Å². The van der Waals surface area contributed by atoms with Crippen LogP contribution in [-0.4, -0.2) is 23.5 Å². The molecule has 5 heteroatoms. The van der Waals surface area contributed by atoms with E-state index in [0.29, 0.717) is 0 Å². The molecule has 5 N–H and O–H groups in total. The number of rotatable bonds is 0. The van der Waals surface area contributed by atoms with Crippen LogP contribution in [0.15, 0.2) is 0 Å². The third kappa shape index (κ3) is 37.3. The van der Waals surface area contributed by atoms with Crippen molar-refractivity contribution in [2.24, 2.45) is 5.73 Å². The Morgan fingerprint density at radius 2 is 1.86 bits per heavy atom. The molecule has 0 heterocycles. The van der Waals surface area contributed by atoms with Gasteiger partial charge >= 0.3 is 6.03 Å². The second-order valence-electron chi connectivity index (χ2n) is 0.476. The van der Waals surface area contributed by atoms with Crippen molar-refractivity contribution in [1.82, 2.24) is 5.48 Å². The zero-order valence-corrected chi connectivity index (χ0v) is 3.88. The third-order valence-corrected chi connectivity index (χ3v) is 0.110. The molecule has 0 bridgehead atoms. The first-order chi connectivity index (χ1) is 3.27. The molecule has 44 valence electrons. The van der Waals surface area contributed by atoms with E-state index < -0.39 is 6.03 Å². The highest BCUT2D eigenvalue weighted by molar-refractivity contribution is 5.69. The van der Waals surface area contributed by atoms with Gasteiger partial charge in [0.15, 0.2) is 0 Å². The Bertz CT molecular complexity index is 46.2. The van der Waals surface area contributed by atoms with Crippen LogP contribution in [0.5, 0.6) is 0 Å². The van der Waals surface area contributed by atoms with Crippen molar-refractivity contribution in [1.29, 1.82) is 0 Å². The molecule has 0 aromatic carbocycles. The predicted octanol–water partition coefficient (Wildman–Crippen LogP) is -1.35. The van der Waals surface area contributed by atoms with Crippen molar-refractivity contribution in [2.45, 2.75) is 0 Å². The van der Waals surface area contributed by atoms with E-state index in [4.69, 9.17) is 10.3 Å². The SMILES string of the molecule is CO.NC(=O)NO. The molecule has 0 saturated heterocycles. The average molecular weight is 108 g/mol. The Kier molecular flexibility index (Phi) is 12.1. The Morgan fingerprint density at radius 1 is 1.71 bits per heavy atom. The fourth-order valence-corrected chi connectivity index (χ4v) is 0. The zero-order valence-electron chi connectivity index (χ0n) is 3.88. The van der Waals surface area contributed by atoms with Gasteiger partial charge in [-0.25, -0.2) is 10.3 Å². The van der Waals surface area contributed by atoms with E-state index in [0.717, 1.165) is 7.11 Å². The van der Waals surface area contributed by atoms with Gasteiger partial charge in [-0.3, -0.25) is 5.21 Å². The van der Waals surface area contributed by atoms with Crippen molar-refractivity contribution < 1.29 is 15.1 Å². The van der Waals surface area contributed by atoms with Gasteiger partial charge in [0.2, 0.25) is 0 Å². The highest BCUT2D eigenvalue weighted by Gasteiger charge is 1.75. The fraction of sp³-hybridized carbons (Fsp3) is 0.500. The first-order valence-electron chi connectivity index (χ1n) is 1.41. The molecule has 0 rings (SSSR count). The van der Waals surface area contributed by atoms with Gasteiger partial charge in [-0.1, -0.05) is 0 Å². The summed E-state index contributed by atoms with van der Waals surface area (Å²) in [7, 11) is 1.00. The highest BCUT2D eigenvalue weighted by atomic mass is 16.5. The lowest BCUT2D eigenvalue weighted by atomic mass is 11.2. The zero-order chi connectivity index (χ0) is 6.28. The van der Waals surface area contributed by atoms with Crippen molar-refractivity contribution in [3.8, 4) is 0 Å². The van der Waals surface area contributed by atoms with E-state index in [1.807, 2.05) is 0 Å². The predicted molar refractivity (Wildman–Crippen MR) is 22.6 cm³/mol. The van der Waals surface area contributed by atoms with Crippen LogP contribution in [0.2, 0.25) is 0 Å². The topological polar surface area (TPSA) is 95.6 Å². The van der Waals surface area contributed by atoms with Crippen LogP contribution < -0.4 is 11.2 Å². The molecule has 0 aliphatic heterocycles. The Morgan fingerprint density at radius 3 is 1.86 bits per heavy atom. The lowest BCUT2D eigenvalue weighted by molar-refractivity contribution is 0.169. The average Bonchev–Trinajstić information content (AvgIpc) is 1.73. The maximum absolute atomic E-state index is 9.23. The van der Waals surface area contributed by atoms with Crippen LogP contribution in [0.3, 0.4) is 0 Å². The first-order valence-corrected chi connectivity index (χ1v) is 1.41. The lowest BCUT2D eigenvalue weighted by Gasteiger charge is -1.79. The summed E-state index contributed by atoms with van der Waals surface area (Å²) in [5.41, 5.74) is 5.46. The summed E-state index contributed by atoms with van der Waals surface area (Å²) in [4.78, 5) is 9.23. The number of nitrogens with two attached hydrogens (primary N) is 1. The number of carbonyl (C=O) groups is 1. The van der Waals surface area contributed by atoms with Gasteiger partial charge in [-0.2, -0.15) is 0 Å². The van der Waals surface area contributed by atoms with Gasteiger partial charge in [-0.15, -0.1) is 0 Å². The molecule has 5 nitrogen and oxygen atoms in total. The maximum atomic E-state index is 9.23. The number of hydroxylamine groups is 1. The van der Waals surface area contributed by atoms with E-state index >= 15 is 0 Å². The van der Waals surface area contributed by atoms with Crippen molar-refractivity contribution in [2.75, 3.05) is 7.11 Å². The summed E-state index contributed by atoms with van der Waals surface area (Å²) in [6.45, 7) is 0. The molecule has 0 saturated carbocycles. The lowest BCUT2D eigenvalue weighted by Crippen LogP contribution is -2.25. The van der Waals surface area contributed by atoms with E-state index in [1.54, 1.807) is 0 Å². The fourth-order valence-electron chi connectivity index (χ4n) is 0. The molecule has 7 heavy (non-hydrogen) atoms. The molecular weight excluding hydrogens is 100 g/mol. The summed E-state index contributed by atoms with van der Waals surface area (Å²) < 4.78 is 0. The summed E-state index contributed by atoms with van der Waals surface area (Å²) in [6, 6.07) is -0.940. The monoisotopic (exact) mass is 108 g/mol. The number of hydrogen-bond donors (Lipinski definition) is 4. The standard InChI is InChI=1S/CH4N2O2.CH4O/c2-1(4)3-5;1-2/h5H,(H3,2,3,4);2H,1H3. The minimum absolute atomic E-state index is 0.940. The van der Waals surface area contributed by atoms with Crippen LogP contribution in [0.4, 0.5) is 4.79 Å². The van der Waals surface area contributed by atoms with Gasteiger partial charge in [0.1, 0.15) is 0 Å². The number of aliphatic hydroxyl groups excluding tert-OH is 1. The highest BCUT2D eigenvalue weighted by Crippen LogP contribution is 1.38. The maximum Gasteiger partial charge on any atom is 0.335 e. The minimum atomic E-state index is -0.940. The van der Waals surface area contributed by atoms with Crippen LogP contribution in [0.25, 0.3) is 0 Å². The van der Waals surface area contributed by atoms with Crippen molar-refractivity contribution in [3.63, 3.8) is 0 Å². The third-order valence-electron chi connectivity index (χ3n) is 0.110. The number of aliphatic hydroxyl groups is 1. The van der Waals surface area contributed by atoms with Crippen LogP contribution in [-0.2, 0) is 0 Å². The summed E-state index contributed by atoms with van der Waals surface area (Å²) in [6.07, 6.45) is 0. The molecular formula is C2H8N2O3. The van der Waals surface area contributed by atoms with Crippen LogP contribution >= 0.6 is 0 Å². The van der Waals surface area contributed by atoms with Crippen LogP contribution in [0.1, 0.15) is 0 Å². The minimum Gasteiger partial charge on any atom is -0.400 e. The number of nitrogens with one attached hydrogen (secondary N) is 1. The molecule has 0 aromatic rings. The van der Waals surface area contributed by atoms with E-state index in [1.165, 1.54) is 5.48 Å². The van der Waals surface area contributed by atoms with E-state index in [2.05, 4.69) is 5.73 Å². The summed E-state index contributed by atoms with van der Waals surface area (Å²) in [5.74, 6) is 0. The molecule has 0 unspecified atom stereocenters. The van der Waals surface area contributed by atoms with Gasteiger partial charge < -0.3 is 10.8 Å². The molecule has 0 aromatic heterocycles. The van der Waals surface area contributed by atoms with E-state index in [-0.39, 0.29) is 0 Å².